The normalized spacial score (nSPS) is 30.0. The van der Waals surface area contributed by atoms with Crippen LogP contribution in [0.5, 0.6) is 0 Å². The summed E-state index contributed by atoms with van der Waals surface area (Å²) >= 11 is 0. The molecule has 2 N–H and O–H groups in total. The molecule has 0 amide bonds. The molecule has 2 rings (SSSR count). The quantitative estimate of drug-likeness (QED) is 0.621. The Balaban J connectivity index is 0.000000605. The number of nitrogens with one attached hydrogen (secondary N) is 1. The molecular weight excluding hydrogens is 162 g/mol. The Bertz CT molecular complexity index is 137. The maximum Gasteiger partial charge on any atom is 0.0540 e. The molecule has 3 heteroatoms. The highest BCUT2D eigenvalue weighted by atomic mass is 35.5. The van der Waals surface area contributed by atoms with E-state index in [1.807, 2.05) is 6.92 Å². The van der Waals surface area contributed by atoms with Gasteiger partial charge in [-0.25, -0.2) is 0 Å². The first-order valence-electron chi connectivity index (χ1n) is 4.11. The van der Waals surface area contributed by atoms with Gasteiger partial charge in [0.1, 0.15) is 0 Å². The van der Waals surface area contributed by atoms with Crippen LogP contribution in [-0.4, -0.2) is 24.3 Å². The van der Waals surface area contributed by atoms with Gasteiger partial charge in [-0.3, -0.25) is 0 Å². The Hall–Kier alpha value is 0.210. The fraction of sp³-hybridized carbons (Fsp3) is 1.00. The van der Waals surface area contributed by atoms with Gasteiger partial charge < -0.3 is 10.4 Å². The highest BCUT2D eigenvalue weighted by Gasteiger charge is 2.49. The first-order chi connectivity index (χ1) is 4.72. The number of halogens is 1. The van der Waals surface area contributed by atoms with E-state index < -0.39 is 0 Å². The molecule has 0 radical (unpaired) electrons. The third-order valence-electron chi connectivity index (χ3n) is 3.07. The molecule has 66 valence electrons. The van der Waals surface area contributed by atoms with Crippen molar-refractivity contribution >= 4 is 12.4 Å². The van der Waals surface area contributed by atoms with E-state index in [9.17, 15) is 5.11 Å². The van der Waals surface area contributed by atoms with Crippen molar-refractivity contribution in [3.63, 3.8) is 0 Å². The van der Waals surface area contributed by atoms with Gasteiger partial charge in [-0.05, 0) is 31.1 Å². The molecule has 0 aromatic carbocycles. The van der Waals surface area contributed by atoms with Gasteiger partial charge >= 0.3 is 0 Å². The lowest BCUT2D eigenvalue weighted by molar-refractivity contribution is -0.0562. The zero-order valence-electron chi connectivity index (χ0n) is 6.84. The SMILES string of the molecule is CC(O)C1CC2(CNC2)C1.Cl. The second-order valence-corrected chi connectivity index (χ2v) is 4.01. The van der Waals surface area contributed by atoms with Crippen molar-refractivity contribution in [3.8, 4) is 0 Å². The summed E-state index contributed by atoms with van der Waals surface area (Å²) in [6.45, 7) is 4.29. The second kappa shape index (κ2) is 2.92. The van der Waals surface area contributed by atoms with Gasteiger partial charge in [0.2, 0.25) is 0 Å². The molecule has 2 fully saturated rings. The molecule has 1 heterocycles. The summed E-state index contributed by atoms with van der Waals surface area (Å²) in [5.41, 5.74) is 0.627. The van der Waals surface area contributed by atoms with Gasteiger partial charge in [0.15, 0.2) is 0 Å². The summed E-state index contributed by atoms with van der Waals surface area (Å²) in [7, 11) is 0. The minimum Gasteiger partial charge on any atom is -0.393 e. The maximum absolute atomic E-state index is 9.20. The summed E-state index contributed by atoms with van der Waals surface area (Å²) in [5.74, 6) is 0.599. The molecule has 1 spiro atoms. The van der Waals surface area contributed by atoms with Crippen LogP contribution in [0.1, 0.15) is 19.8 Å². The molecule has 1 aliphatic carbocycles. The van der Waals surface area contributed by atoms with E-state index in [4.69, 9.17) is 0 Å². The van der Waals surface area contributed by atoms with Crippen molar-refractivity contribution in [1.29, 1.82) is 0 Å². The first-order valence-corrected chi connectivity index (χ1v) is 4.11. The van der Waals surface area contributed by atoms with Crippen molar-refractivity contribution in [2.45, 2.75) is 25.9 Å². The Morgan fingerprint density at radius 2 is 2.00 bits per heavy atom. The summed E-state index contributed by atoms with van der Waals surface area (Å²) < 4.78 is 0. The third-order valence-corrected chi connectivity index (χ3v) is 3.07. The van der Waals surface area contributed by atoms with Gasteiger partial charge in [-0.15, -0.1) is 12.4 Å². The van der Waals surface area contributed by atoms with Crippen molar-refractivity contribution in [2.24, 2.45) is 11.3 Å². The first kappa shape index (κ1) is 9.30. The minimum absolute atomic E-state index is 0. The van der Waals surface area contributed by atoms with E-state index in [1.165, 1.54) is 25.9 Å². The lowest BCUT2D eigenvalue weighted by Crippen LogP contribution is -2.61. The standard InChI is InChI=1S/C8H15NO.ClH/c1-6(10)7-2-8(3-7)4-9-5-8;/h6-7,9-10H,2-5H2,1H3;1H. The monoisotopic (exact) mass is 177 g/mol. The van der Waals surface area contributed by atoms with Gasteiger partial charge in [-0.2, -0.15) is 0 Å². The largest absolute Gasteiger partial charge is 0.393 e. The van der Waals surface area contributed by atoms with Gasteiger partial charge in [0.25, 0.3) is 0 Å². The Kier molecular flexibility index (Phi) is 2.47. The number of aliphatic hydroxyl groups is 1. The van der Waals surface area contributed by atoms with Crippen LogP contribution in [0.15, 0.2) is 0 Å². The van der Waals surface area contributed by atoms with Crippen molar-refractivity contribution < 1.29 is 5.11 Å². The molecule has 1 saturated heterocycles. The number of rotatable bonds is 1. The molecule has 1 atom stereocenters. The molecule has 1 unspecified atom stereocenters. The average molecular weight is 178 g/mol. The molecule has 0 bridgehead atoms. The van der Waals surface area contributed by atoms with Crippen LogP contribution >= 0.6 is 12.4 Å². The lowest BCUT2D eigenvalue weighted by Gasteiger charge is -2.55. The average Bonchev–Trinajstić information content (AvgIpc) is 1.54. The molecular formula is C8H16ClNO. The Labute approximate surface area is 73.8 Å². The molecule has 2 nitrogen and oxygen atoms in total. The number of hydrogen-bond acceptors (Lipinski definition) is 2. The molecule has 11 heavy (non-hydrogen) atoms. The fourth-order valence-electron chi connectivity index (χ4n) is 2.16. The van der Waals surface area contributed by atoms with Gasteiger partial charge in [-0.1, -0.05) is 0 Å². The molecule has 0 aromatic heterocycles. The van der Waals surface area contributed by atoms with Crippen LogP contribution in [0, 0.1) is 11.3 Å². The van der Waals surface area contributed by atoms with Crippen molar-refractivity contribution in [1.82, 2.24) is 5.32 Å². The lowest BCUT2D eigenvalue weighted by atomic mass is 9.57. The van der Waals surface area contributed by atoms with Crippen molar-refractivity contribution in [3.05, 3.63) is 0 Å². The number of aliphatic hydroxyl groups excluding tert-OH is 1. The predicted molar refractivity (Wildman–Crippen MR) is 47.0 cm³/mol. The van der Waals surface area contributed by atoms with Gasteiger partial charge in [0.05, 0.1) is 6.10 Å². The molecule has 0 aromatic rings. The van der Waals surface area contributed by atoms with E-state index >= 15 is 0 Å². The smallest absolute Gasteiger partial charge is 0.0540 e. The minimum atomic E-state index is -0.0776. The van der Waals surface area contributed by atoms with E-state index in [-0.39, 0.29) is 18.5 Å². The summed E-state index contributed by atoms with van der Waals surface area (Å²) in [6.07, 6.45) is 2.42. The van der Waals surface area contributed by atoms with Crippen molar-refractivity contribution in [2.75, 3.05) is 13.1 Å². The fourth-order valence-corrected chi connectivity index (χ4v) is 2.16. The molecule has 2 aliphatic rings. The number of hydrogen-bond donors (Lipinski definition) is 2. The van der Waals surface area contributed by atoms with Crippen LogP contribution in [0.25, 0.3) is 0 Å². The highest BCUT2D eigenvalue weighted by molar-refractivity contribution is 5.85. The maximum atomic E-state index is 9.20. The molecule has 1 aliphatic heterocycles. The zero-order chi connectivity index (χ0) is 7.19. The van der Waals surface area contributed by atoms with E-state index in [1.54, 1.807) is 0 Å². The summed E-state index contributed by atoms with van der Waals surface area (Å²) in [4.78, 5) is 0. The summed E-state index contributed by atoms with van der Waals surface area (Å²) in [5, 5.41) is 12.5. The Morgan fingerprint density at radius 1 is 1.45 bits per heavy atom. The van der Waals surface area contributed by atoms with Crippen LogP contribution in [0.4, 0.5) is 0 Å². The van der Waals surface area contributed by atoms with Crippen LogP contribution in [0.2, 0.25) is 0 Å². The predicted octanol–water partition coefficient (Wildman–Crippen LogP) is 0.789. The van der Waals surface area contributed by atoms with E-state index in [0.717, 1.165) is 0 Å². The van der Waals surface area contributed by atoms with Crippen LogP contribution < -0.4 is 5.32 Å². The van der Waals surface area contributed by atoms with Crippen LogP contribution in [-0.2, 0) is 0 Å². The van der Waals surface area contributed by atoms with E-state index in [0.29, 0.717) is 11.3 Å². The topological polar surface area (TPSA) is 32.3 Å². The zero-order valence-corrected chi connectivity index (χ0v) is 7.66. The molecule has 1 saturated carbocycles. The highest BCUT2D eigenvalue weighted by Crippen LogP contribution is 2.49. The van der Waals surface area contributed by atoms with Gasteiger partial charge in [0, 0.05) is 13.1 Å². The van der Waals surface area contributed by atoms with E-state index in [2.05, 4.69) is 5.32 Å². The Morgan fingerprint density at radius 3 is 2.27 bits per heavy atom. The second-order valence-electron chi connectivity index (χ2n) is 4.01. The third kappa shape index (κ3) is 1.40. The summed E-state index contributed by atoms with van der Waals surface area (Å²) in [6, 6.07) is 0. The van der Waals surface area contributed by atoms with Crippen LogP contribution in [0.3, 0.4) is 0 Å².